The normalized spacial score (nSPS) is 18.0. The van der Waals surface area contributed by atoms with Gasteiger partial charge < -0.3 is 9.64 Å². The van der Waals surface area contributed by atoms with Crippen LogP contribution in [0, 0.1) is 20.8 Å². The van der Waals surface area contributed by atoms with E-state index in [4.69, 9.17) is 4.74 Å². The molecule has 150 valence electrons. The molecule has 0 bridgehead atoms. The molecule has 0 radical (unpaired) electrons. The van der Waals surface area contributed by atoms with E-state index in [9.17, 15) is 13.2 Å². The lowest BCUT2D eigenvalue weighted by atomic mass is 10.1. The van der Waals surface area contributed by atoms with Gasteiger partial charge in [0.25, 0.3) is 5.91 Å². The van der Waals surface area contributed by atoms with Gasteiger partial charge in [0, 0.05) is 12.6 Å². The molecule has 28 heavy (non-hydrogen) atoms. The van der Waals surface area contributed by atoms with E-state index in [1.54, 1.807) is 4.90 Å². The molecule has 2 aromatic carbocycles. The third-order valence-electron chi connectivity index (χ3n) is 5.19. The van der Waals surface area contributed by atoms with Crippen LogP contribution >= 0.6 is 0 Å². The Morgan fingerprint density at radius 3 is 2.29 bits per heavy atom. The van der Waals surface area contributed by atoms with Crippen LogP contribution in [0.1, 0.15) is 28.7 Å². The number of carbonyl (C=O) groups is 1. The zero-order valence-electron chi connectivity index (χ0n) is 16.6. The maximum Gasteiger partial charge on any atom is 0.261 e. The first kappa shape index (κ1) is 20.4. The number of ether oxygens (including phenoxy) is 1. The Morgan fingerprint density at radius 1 is 1.07 bits per heavy atom. The second-order valence-electron chi connectivity index (χ2n) is 7.57. The molecular formula is C22H27NO4S. The summed E-state index contributed by atoms with van der Waals surface area (Å²) < 4.78 is 29.8. The van der Waals surface area contributed by atoms with E-state index in [2.05, 4.69) is 0 Å². The predicted molar refractivity (Wildman–Crippen MR) is 110 cm³/mol. The third kappa shape index (κ3) is 4.93. The van der Waals surface area contributed by atoms with Crippen molar-refractivity contribution in [2.75, 3.05) is 18.1 Å². The molecule has 1 heterocycles. The number of benzene rings is 2. The fourth-order valence-corrected chi connectivity index (χ4v) is 5.31. The standard InChI is InChI=1S/C22H27NO4S/c1-16-7-9-19(10-8-16)13-23(20-11-12-28(25,26)15-20)21(24)14-27-22-17(2)5-4-6-18(22)3/h4-10,20H,11-15H2,1-3H3. The quantitative estimate of drug-likeness (QED) is 0.746. The lowest BCUT2D eigenvalue weighted by Crippen LogP contribution is -2.43. The average molecular weight is 402 g/mol. The van der Waals surface area contributed by atoms with Crippen molar-refractivity contribution in [2.45, 2.75) is 39.8 Å². The Hall–Kier alpha value is -2.34. The number of nitrogens with zero attached hydrogens (tertiary/aromatic N) is 1. The van der Waals surface area contributed by atoms with E-state index >= 15 is 0 Å². The molecule has 0 spiro atoms. The number of hydrogen-bond acceptors (Lipinski definition) is 4. The van der Waals surface area contributed by atoms with Crippen molar-refractivity contribution in [3.8, 4) is 5.75 Å². The molecule has 0 saturated carbocycles. The number of hydrogen-bond donors (Lipinski definition) is 0. The minimum atomic E-state index is -3.09. The summed E-state index contributed by atoms with van der Waals surface area (Å²) in [5, 5.41) is 0. The number of sulfone groups is 1. The van der Waals surface area contributed by atoms with Crippen molar-refractivity contribution in [1.82, 2.24) is 4.90 Å². The van der Waals surface area contributed by atoms with Crippen LogP contribution in [0.2, 0.25) is 0 Å². The fourth-order valence-electron chi connectivity index (χ4n) is 3.58. The maximum atomic E-state index is 13.0. The SMILES string of the molecule is Cc1ccc(CN(C(=O)COc2c(C)cccc2C)C2CCS(=O)(=O)C2)cc1. The first-order valence-electron chi connectivity index (χ1n) is 9.49. The Kier molecular flexibility index (Phi) is 6.08. The van der Waals surface area contributed by atoms with E-state index in [-0.39, 0.29) is 30.1 Å². The van der Waals surface area contributed by atoms with Gasteiger partial charge in [-0.25, -0.2) is 8.42 Å². The summed E-state index contributed by atoms with van der Waals surface area (Å²) in [7, 11) is -3.09. The Labute approximate surface area is 167 Å². The molecule has 6 heteroatoms. The van der Waals surface area contributed by atoms with Gasteiger partial charge in [-0.15, -0.1) is 0 Å². The molecule has 1 aliphatic heterocycles. The summed E-state index contributed by atoms with van der Waals surface area (Å²) in [6.45, 7) is 6.18. The van der Waals surface area contributed by atoms with Gasteiger partial charge >= 0.3 is 0 Å². The highest BCUT2D eigenvalue weighted by molar-refractivity contribution is 7.91. The monoisotopic (exact) mass is 401 g/mol. The Morgan fingerprint density at radius 2 is 1.71 bits per heavy atom. The van der Waals surface area contributed by atoms with Crippen LogP contribution in [0.5, 0.6) is 5.75 Å². The number of amides is 1. The van der Waals surface area contributed by atoms with Crippen molar-refractivity contribution in [3.05, 3.63) is 64.7 Å². The molecule has 2 aromatic rings. The predicted octanol–water partition coefficient (Wildman–Crippen LogP) is 3.21. The summed E-state index contributed by atoms with van der Waals surface area (Å²) in [5.41, 5.74) is 4.07. The van der Waals surface area contributed by atoms with Crippen molar-refractivity contribution in [2.24, 2.45) is 0 Å². The van der Waals surface area contributed by atoms with Crippen LogP contribution in [0.25, 0.3) is 0 Å². The van der Waals surface area contributed by atoms with Gasteiger partial charge in [0.2, 0.25) is 0 Å². The second-order valence-corrected chi connectivity index (χ2v) is 9.80. The first-order chi connectivity index (χ1) is 13.2. The van der Waals surface area contributed by atoms with Gasteiger partial charge in [0.15, 0.2) is 16.4 Å². The van der Waals surface area contributed by atoms with Crippen LogP contribution in [0.4, 0.5) is 0 Å². The minimum Gasteiger partial charge on any atom is -0.483 e. The molecule has 0 aliphatic carbocycles. The first-order valence-corrected chi connectivity index (χ1v) is 11.3. The van der Waals surface area contributed by atoms with Gasteiger partial charge in [-0.3, -0.25) is 4.79 Å². The van der Waals surface area contributed by atoms with Crippen molar-refractivity contribution in [3.63, 3.8) is 0 Å². The summed E-state index contributed by atoms with van der Waals surface area (Å²) >= 11 is 0. The molecular weight excluding hydrogens is 374 g/mol. The zero-order chi connectivity index (χ0) is 20.3. The number of rotatable bonds is 6. The zero-order valence-corrected chi connectivity index (χ0v) is 17.5. The highest BCUT2D eigenvalue weighted by Crippen LogP contribution is 2.24. The number of carbonyl (C=O) groups excluding carboxylic acids is 1. The Bertz CT molecular complexity index is 931. The Balaban J connectivity index is 1.77. The lowest BCUT2D eigenvalue weighted by molar-refractivity contribution is -0.136. The average Bonchev–Trinajstić information content (AvgIpc) is 3.00. The topological polar surface area (TPSA) is 63.7 Å². The molecule has 1 aliphatic rings. The van der Waals surface area contributed by atoms with E-state index in [1.807, 2.05) is 63.2 Å². The smallest absolute Gasteiger partial charge is 0.261 e. The van der Waals surface area contributed by atoms with E-state index in [0.29, 0.717) is 18.7 Å². The van der Waals surface area contributed by atoms with Crippen LogP contribution in [0.3, 0.4) is 0 Å². The number of para-hydroxylation sites is 1. The van der Waals surface area contributed by atoms with Crippen LogP contribution in [-0.4, -0.2) is 43.4 Å². The molecule has 1 amide bonds. The summed E-state index contributed by atoms with van der Waals surface area (Å²) in [5.74, 6) is 0.677. The minimum absolute atomic E-state index is 0.0218. The van der Waals surface area contributed by atoms with E-state index in [1.165, 1.54) is 0 Å². The maximum absolute atomic E-state index is 13.0. The molecule has 0 N–H and O–H groups in total. The summed E-state index contributed by atoms with van der Waals surface area (Å²) in [4.78, 5) is 14.7. The van der Waals surface area contributed by atoms with Crippen LogP contribution < -0.4 is 4.74 Å². The molecule has 1 fully saturated rings. The van der Waals surface area contributed by atoms with E-state index < -0.39 is 9.84 Å². The summed E-state index contributed by atoms with van der Waals surface area (Å²) in [6.07, 6.45) is 0.476. The highest BCUT2D eigenvalue weighted by Gasteiger charge is 2.34. The molecule has 1 saturated heterocycles. The second kappa shape index (κ2) is 8.35. The third-order valence-corrected chi connectivity index (χ3v) is 6.94. The molecule has 0 aromatic heterocycles. The lowest BCUT2D eigenvalue weighted by Gasteiger charge is -2.28. The van der Waals surface area contributed by atoms with Gasteiger partial charge in [0.1, 0.15) is 5.75 Å². The van der Waals surface area contributed by atoms with E-state index in [0.717, 1.165) is 22.3 Å². The number of aryl methyl sites for hydroxylation is 3. The van der Waals surface area contributed by atoms with Gasteiger partial charge in [-0.05, 0) is 43.9 Å². The van der Waals surface area contributed by atoms with Crippen LogP contribution in [0.15, 0.2) is 42.5 Å². The summed E-state index contributed by atoms with van der Waals surface area (Å²) in [6, 6.07) is 13.5. The van der Waals surface area contributed by atoms with Crippen molar-refractivity contribution < 1.29 is 17.9 Å². The van der Waals surface area contributed by atoms with Gasteiger partial charge in [0.05, 0.1) is 11.5 Å². The van der Waals surface area contributed by atoms with Crippen molar-refractivity contribution >= 4 is 15.7 Å². The highest BCUT2D eigenvalue weighted by atomic mass is 32.2. The fraction of sp³-hybridized carbons (Fsp3) is 0.409. The molecule has 3 rings (SSSR count). The van der Waals surface area contributed by atoms with Crippen molar-refractivity contribution in [1.29, 1.82) is 0 Å². The molecule has 1 atom stereocenters. The molecule has 1 unspecified atom stereocenters. The van der Waals surface area contributed by atoms with Gasteiger partial charge in [-0.2, -0.15) is 0 Å². The van der Waals surface area contributed by atoms with Gasteiger partial charge in [-0.1, -0.05) is 48.0 Å². The van der Waals surface area contributed by atoms with Crippen LogP contribution in [-0.2, 0) is 21.2 Å². The molecule has 5 nitrogen and oxygen atoms in total. The largest absolute Gasteiger partial charge is 0.483 e.